The van der Waals surface area contributed by atoms with Crippen molar-refractivity contribution in [2.45, 2.75) is 159 Å². The average Bonchev–Trinajstić information content (AvgIpc) is 1.46. The van der Waals surface area contributed by atoms with Crippen molar-refractivity contribution in [3.63, 3.8) is 0 Å². The first-order chi connectivity index (χ1) is 53.6. The number of ether oxygens (including phenoxy) is 5. The fourth-order valence-corrected chi connectivity index (χ4v) is 21.0. The van der Waals surface area contributed by atoms with E-state index in [1.807, 2.05) is 52.9 Å². The van der Waals surface area contributed by atoms with Crippen molar-refractivity contribution in [3.05, 3.63) is 130 Å². The number of aliphatic hydroxyl groups is 3. The Kier molecular flexibility index (Phi) is 22.1. The number of aliphatic carboxylic acids is 1. The maximum Gasteiger partial charge on any atom is 0.410 e. The summed E-state index contributed by atoms with van der Waals surface area (Å²) in [4.78, 5) is 120. The fraction of sp³-hybridized carbons (Fsp3) is 0.513. The Labute approximate surface area is 652 Å². The number of anilines is 2. The Morgan fingerprint density at radius 3 is 2.31 bits per heavy atom. The van der Waals surface area contributed by atoms with E-state index < -0.39 is 148 Å². The Balaban J connectivity index is 0.627. The van der Waals surface area contributed by atoms with Crippen LogP contribution in [0.3, 0.4) is 0 Å². The predicted molar refractivity (Wildman–Crippen MR) is 401 cm³/mol. The smallest absolute Gasteiger partial charge is 0.410 e. The number of thiazole rings is 1. The third-order valence-electron chi connectivity index (χ3n) is 24.1. The zero-order chi connectivity index (χ0) is 80.5. The third-order valence-corrected chi connectivity index (χ3v) is 26.4. The molecule has 34 nitrogen and oxygen atoms in total. The van der Waals surface area contributed by atoms with Gasteiger partial charge in [-0.1, -0.05) is 61.6 Å². The number of benzene rings is 3. The van der Waals surface area contributed by atoms with E-state index in [0.29, 0.717) is 84.9 Å². The number of para-hydroxylation sites is 1. The summed E-state index contributed by atoms with van der Waals surface area (Å²) in [6, 6.07) is 19.3. The summed E-state index contributed by atoms with van der Waals surface area (Å²) in [5.41, 5.74) is 3.98. The minimum absolute atomic E-state index is 0.0524. The van der Waals surface area contributed by atoms with Gasteiger partial charge in [-0.25, -0.2) is 24.4 Å². The van der Waals surface area contributed by atoms with Gasteiger partial charge in [0.2, 0.25) is 18.1 Å². The first-order valence-corrected chi connectivity index (χ1v) is 41.3. The first-order valence-electron chi connectivity index (χ1n) is 37.2. The summed E-state index contributed by atoms with van der Waals surface area (Å²) in [6.07, 6.45) is -1.25. The van der Waals surface area contributed by atoms with Crippen molar-refractivity contribution < 1.29 is 114 Å². The molecule has 3 bridgehead atoms. The molecule has 12 atom stereocenters. The molecule has 4 aliphatic heterocycles. The summed E-state index contributed by atoms with van der Waals surface area (Å²) in [7, 11) is -9.04. The molecule has 1 spiro atoms. The van der Waals surface area contributed by atoms with E-state index in [4.69, 9.17) is 38.3 Å². The molecule has 0 radical (unpaired) electrons. The topological polar surface area (TPSA) is 473 Å². The van der Waals surface area contributed by atoms with Crippen molar-refractivity contribution in [2.24, 2.45) is 21.7 Å². The SMILES string of the molecule is Cc1c(-c2ccc(N3CCc4cccc(C(=O)Nc5nc6ccccc6s5)c4C3)nc2C(=O)O)cnn1CC12CC3(OCCN(CCS(=O)(=O)O)C(=O)OCc4ccc(CCCCNC(=O)CN5C(=O)[C@@H](N6C(=O)C=CC6=O)C[C@H]5COCCS(=O)(=O)O)cc4O[C@@H]4O[C@H](C(=O)O)[C@@H](O)[C@H](O)[C@H]4O)CC4(C)CC(C)(C1)C4(C2)C3. The normalized spacial score (nSPS) is 27.6. The van der Waals surface area contributed by atoms with Gasteiger partial charge in [-0.15, -0.1) is 0 Å². The molecule has 604 valence electrons. The molecule has 2 saturated heterocycles. The highest BCUT2D eigenvalue weighted by Gasteiger charge is 2.84. The molecule has 7 heterocycles. The molecule has 113 heavy (non-hydrogen) atoms. The number of likely N-dealkylation sites (tertiary alicyclic amines) is 1. The monoisotopic (exact) mass is 1620 g/mol. The number of aliphatic hydroxyl groups excluding tert-OH is 3. The number of carboxylic acids is 2. The molecule has 37 heteroatoms. The highest BCUT2D eigenvalue weighted by Crippen LogP contribution is 2.90. The summed E-state index contributed by atoms with van der Waals surface area (Å²) in [5, 5.41) is 64.0. The van der Waals surface area contributed by atoms with E-state index >= 15 is 0 Å². The van der Waals surface area contributed by atoms with Crippen LogP contribution < -0.4 is 20.3 Å². The Hall–Kier alpha value is -9.41. The predicted octanol–water partition coefficient (Wildman–Crippen LogP) is 4.55. The minimum atomic E-state index is -4.65. The third kappa shape index (κ3) is 16.1. The Morgan fingerprint density at radius 1 is 0.805 bits per heavy atom. The molecule has 6 amide bonds. The molecular weight excluding hydrogens is 1530 g/mol. The quantitative estimate of drug-likeness (QED) is 0.0159. The number of hydrogen-bond acceptors (Lipinski definition) is 25. The van der Waals surface area contributed by atoms with Crippen molar-refractivity contribution >= 4 is 100 Å². The molecule has 3 aromatic heterocycles. The van der Waals surface area contributed by atoms with Crippen LogP contribution in [0.1, 0.15) is 120 Å². The number of carbonyl (C=O) groups is 8. The lowest BCUT2D eigenvalue weighted by Crippen LogP contribution is -2.61. The number of pyridine rings is 1. The second-order valence-electron chi connectivity index (χ2n) is 31.6. The van der Waals surface area contributed by atoms with Gasteiger partial charge in [-0.05, 0) is 146 Å². The van der Waals surface area contributed by atoms with Gasteiger partial charge in [-0.3, -0.25) is 48.0 Å². The van der Waals surface area contributed by atoms with Crippen LogP contribution in [-0.2, 0) is 95.7 Å². The first kappa shape index (κ1) is 80.2. The molecule has 5 unspecified atom stereocenters. The molecule has 4 saturated carbocycles. The number of hydrogen-bond donors (Lipinski definition) is 9. The highest BCUT2D eigenvalue weighted by atomic mass is 32.2. The maximum absolute atomic E-state index is 14.4. The Bertz CT molecular complexity index is 5030. The molecule has 6 aromatic rings. The number of nitrogens with zero attached hydrogens (tertiary/aromatic N) is 8. The van der Waals surface area contributed by atoms with E-state index in [2.05, 4.69) is 29.5 Å². The van der Waals surface area contributed by atoms with Crippen molar-refractivity contribution in [1.29, 1.82) is 0 Å². The lowest BCUT2D eigenvalue weighted by atomic mass is 9.40. The van der Waals surface area contributed by atoms with Crippen LogP contribution in [0, 0.1) is 28.6 Å². The van der Waals surface area contributed by atoms with Crippen LogP contribution >= 0.6 is 11.3 Å². The standard InChI is InChI=1S/C76H88N10O24S3/c1-43-50(48-16-17-56(80-60(48)67(95)96)83-22-20-45-10-8-11-49(51(45)32-83)65(93)81-70-79-52-12-4-5-13-55(52)111-70)31-78-85(43)42-74-37-72(2)36-73(3)38-75(39-74,41-76(72,73)40-74)108-25-23-82(24-27-112(100,101)102)71(99)107-34-46-15-14-44(29-54(46)109-69-63(92)61(90)62(91)64(110-69)68(97)98)9-6-7-21-77-57(87)33-84-47(35-106-26-28-113(103,104)105)30-53(66(84)94)86-58(88)18-19-59(86)89/h4-5,8,10-19,29,31,47,53,61-64,69,90-92H,6-7,9,20-28,30,32-42H2,1-3H3,(H,77,87)(H,95,96)(H,97,98)(H,79,81,93)(H,100,101,102)(H,103,104,105)/t47-,53-,61-,62-,63+,64-,69+,72?,73?,74?,75?,76?/m0/s1. The number of rotatable bonds is 32. The number of imide groups is 1. The lowest BCUT2D eigenvalue weighted by molar-refractivity contribution is -0.271. The summed E-state index contributed by atoms with van der Waals surface area (Å²) >= 11 is 1.38. The van der Waals surface area contributed by atoms with Gasteiger partial charge in [-0.2, -0.15) is 21.9 Å². The van der Waals surface area contributed by atoms with Crippen LogP contribution in [0.25, 0.3) is 21.3 Å². The van der Waals surface area contributed by atoms with E-state index in [-0.39, 0.29) is 83.7 Å². The van der Waals surface area contributed by atoms with E-state index in [1.165, 1.54) is 23.5 Å². The van der Waals surface area contributed by atoms with Gasteiger partial charge in [0.1, 0.15) is 42.5 Å². The van der Waals surface area contributed by atoms with Gasteiger partial charge < -0.3 is 69.2 Å². The van der Waals surface area contributed by atoms with Crippen LogP contribution in [0.2, 0.25) is 0 Å². The van der Waals surface area contributed by atoms with Gasteiger partial charge in [0.05, 0.1) is 65.9 Å². The van der Waals surface area contributed by atoms with Crippen molar-refractivity contribution in [1.82, 2.24) is 39.8 Å². The van der Waals surface area contributed by atoms with Gasteiger partial charge in [0, 0.05) is 85.8 Å². The van der Waals surface area contributed by atoms with E-state index in [0.717, 1.165) is 79.6 Å². The van der Waals surface area contributed by atoms with Gasteiger partial charge in [0.15, 0.2) is 16.9 Å². The second-order valence-corrected chi connectivity index (χ2v) is 35.7. The summed E-state index contributed by atoms with van der Waals surface area (Å²) in [5.74, 6) is -7.33. The van der Waals surface area contributed by atoms with Crippen LogP contribution in [0.4, 0.5) is 15.7 Å². The van der Waals surface area contributed by atoms with Crippen molar-refractivity contribution in [3.8, 4) is 16.9 Å². The molecule has 9 N–H and O–H groups in total. The Morgan fingerprint density at radius 2 is 1.57 bits per heavy atom. The molecule has 14 rings (SSSR count). The van der Waals surface area contributed by atoms with Gasteiger partial charge >= 0.3 is 18.0 Å². The summed E-state index contributed by atoms with van der Waals surface area (Å²) < 4.78 is 99.0. The lowest BCUT2D eigenvalue weighted by Gasteiger charge is -2.64. The van der Waals surface area contributed by atoms with Crippen LogP contribution in [-0.4, -0.2) is 246 Å². The molecule has 3 aromatic carbocycles. The number of nitrogens with one attached hydrogen (secondary N) is 2. The number of carbonyl (C=O) groups excluding carboxylic acids is 6. The maximum atomic E-state index is 14.4. The number of fused-ring (bicyclic) bond motifs is 4. The van der Waals surface area contributed by atoms with E-state index in [9.17, 15) is 85.3 Å². The van der Waals surface area contributed by atoms with Crippen LogP contribution in [0.15, 0.2) is 91.1 Å². The molecule has 6 fully saturated rings. The molecule has 8 aliphatic rings. The average molecular weight is 1620 g/mol. The number of aromatic carboxylic acids is 1. The van der Waals surface area contributed by atoms with Crippen molar-refractivity contribution in [2.75, 3.05) is 74.3 Å². The zero-order valence-electron chi connectivity index (χ0n) is 62.0. The molecular formula is C76H88N10O24S3. The summed E-state index contributed by atoms with van der Waals surface area (Å²) in [6.45, 7) is 5.28. The van der Waals surface area contributed by atoms with Crippen LogP contribution in [0.5, 0.6) is 5.75 Å². The zero-order valence-corrected chi connectivity index (χ0v) is 64.5. The number of unbranched alkanes of at least 4 members (excludes halogenated alkanes) is 1. The molecule has 4 aliphatic carbocycles. The largest absolute Gasteiger partial charge is 0.479 e. The van der Waals surface area contributed by atoms with E-state index in [1.54, 1.807) is 30.5 Å². The van der Waals surface area contributed by atoms with Gasteiger partial charge in [0.25, 0.3) is 38.0 Å². The number of aromatic nitrogens is 4. The second kappa shape index (κ2) is 31.1. The minimum Gasteiger partial charge on any atom is -0.479 e. The highest BCUT2D eigenvalue weighted by molar-refractivity contribution is 7.86. The number of aryl methyl sites for hydroxylation is 1. The fourth-order valence-electron chi connectivity index (χ4n) is 19.4. The number of carboxylic acid groups (broad SMARTS) is 2. The number of amides is 6.